The van der Waals surface area contributed by atoms with Crippen LogP contribution in [0.15, 0.2) is 0 Å². The van der Waals surface area contributed by atoms with Crippen LogP contribution in [-0.4, -0.2) is 30.2 Å². The fraction of sp³-hybridized carbons (Fsp3) is 0.938. The lowest BCUT2D eigenvalue weighted by molar-refractivity contribution is -0.171. The molecule has 0 aliphatic rings. The molecule has 3 nitrogen and oxygen atoms in total. The normalized spacial score (nSPS) is 15.3. The number of esters is 1. The molecular weight excluding hydrogens is 274 g/mol. The Morgan fingerprint density at radius 3 is 2.05 bits per heavy atom. The number of hydrogen-bond donors (Lipinski definition) is 0. The molecule has 4 heteroatoms. The van der Waals surface area contributed by atoms with Gasteiger partial charge in [0.1, 0.15) is 0 Å². The summed E-state index contributed by atoms with van der Waals surface area (Å²) in [5, 5.41) is 0. The maximum atomic E-state index is 12.5. The van der Waals surface area contributed by atoms with E-state index in [1.165, 1.54) is 0 Å². The maximum absolute atomic E-state index is 12.5. The first-order valence-electron chi connectivity index (χ1n) is 7.94. The summed E-state index contributed by atoms with van der Waals surface area (Å²) < 4.78 is 5.78. The van der Waals surface area contributed by atoms with E-state index >= 15 is 0 Å². The van der Waals surface area contributed by atoms with Crippen molar-refractivity contribution in [3.63, 3.8) is 0 Å². The smallest absolute Gasteiger partial charge is 0.313 e. The van der Waals surface area contributed by atoms with Crippen molar-refractivity contribution in [2.24, 2.45) is 5.41 Å². The van der Waals surface area contributed by atoms with Gasteiger partial charge in [0.25, 0.3) is 0 Å². The Morgan fingerprint density at radius 1 is 1.15 bits per heavy atom. The lowest BCUT2D eigenvalue weighted by Gasteiger charge is -2.33. The largest absolute Gasteiger partial charge is 0.446 e. The molecule has 0 bridgehead atoms. The van der Waals surface area contributed by atoms with Crippen LogP contribution in [0.1, 0.15) is 73.6 Å². The zero-order chi connectivity index (χ0) is 14.9. The molecule has 0 amide bonds. The molecule has 0 aromatic carbocycles. The number of halogens is 1. The summed E-state index contributed by atoms with van der Waals surface area (Å²) in [5.74, 6) is -0.0257. The Kier molecular flexibility index (Phi) is 12.5. The molecule has 0 aliphatic heterocycles. The number of hydrogen-bond acceptors (Lipinski definition) is 3. The number of nitrogens with zero attached hydrogens (tertiary/aromatic N) is 1. The van der Waals surface area contributed by atoms with Crippen LogP contribution >= 0.6 is 12.4 Å². The van der Waals surface area contributed by atoms with E-state index < -0.39 is 0 Å². The molecule has 0 radical (unpaired) electrons. The number of rotatable bonds is 10. The van der Waals surface area contributed by atoms with Crippen molar-refractivity contribution in [3.8, 4) is 0 Å². The van der Waals surface area contributed by atoms with Crippen LogP contribution in [0.4, 0.5) is 0 Å². The van der Waals surface area contributed by atoms with E-state index in [0.29, 0.717) is 0 Å². The van der Waals surface area contributed by atoms with Crippen molar-refractivity contribution in [3.05, 3.63) is 0 Å². The van der Waals surface area contributed by atoms with E-state index in [1.54, 1.807) is 0 Å². The van der Waals surface area contributed by atoms with Crippen LogP contribution in [-0.2, 0) is 9.53 Å². The third-order valence-corrected chi connectivity index (χ3v) is 4.17. The van der Waals surface area contributed by atoms with Crippen LogP contribution in [0.25, 0.3) is 0 Å². The van der Waals surface area contributed by atoms with Crippen molar-refractivity contribution in [1.29, 1.82) is 0 Å². The van der Waals surface area contributed by atoms with Crippen molar-refractivity contribution in [2.75, 3.05) is 13.1 Å². The first kappa shape index (κ1) is 22.0. The lowest BCUT2D eigenvalue weighted by atomic mass is 9.82. The molecule has 2 unspecified atom stereocenters. The molecule has 2 atom stereocenters. The van der Waals surface area contributed by atoms with Crippen LogP contribution in [0.5, 0.6) is 0 Å². The highest BCUT2D eigenvalue weighted by Gasteiger charge is 2.34. The van der Waals surface area contributed by atoms with Crippen molar-refractivity contribution in [2.45, 2.75) is 79.9 Å². The molecule has 0 aromatic rings. The Labute approximate surface area is 131 Å². The topological polar surface area (TPSA) is 29.5 Å². The fourth-order valence-electron chi connectivity index (χ4n) is 2.30. The molecule has 0 saturated heterocycles. The van der Waals surface area contributed by atoms with Gasteiger partial charge in [-0.25, -0.2) is 0 Å². The Hall–Kier alpha value is -0.280. The molecule has 0 aromatic heterocycles. The van der Waals surface area contributed by atoms with E-state index in [4.69, 9.17) is 4.74 Å². The van der Waals surface area contributed by atoms with E-state index in [9.17, 15) is 4.79 Å². The Balaban J connectivity index is 0. The molecule has 20 heavy (non-hydrogen) atoms. The predicted molar refractivity (Wildman–Crippen MR) is 88.3 cm³/mol. The lowest BCUT2D eigenvalue weighted by Crippen LogP contribution is -2.41. The van der Waals surface area contributed by atoms with Gasteiger partial charge in [0.15, 0.2) is 6.23 Å². The van der Waals surface area contributed by atoms with Crippen LogP contribution in [0, 0.1) is 5.41 Å². The second-order valence-electron chi connectivity index (χ2n) is 5.51. The van der Waals surface area contributed by atoms with Crippen LogP contribution in [0.2, 0.25) is 0 Å². The molecule has 0 aliphatic carbocycles. The Bertz CT molecular complexity index is 257. The highest BCUT2D eigenvalue weighted by molar-refractivity contribution is 5.85. The summed E-state index contributed by atoms with van der Waals surface area (Å²) >= 11 is 0. The maximum Gasteiger partial charge on any atom is 0.313 e. The van der Waals surface area contributed by atoms with Gasteiger partial charge in [-0.3, -0.25) is 9.69 Å². The summed E-state index contributed by atoms with van der Waals surface area (Å²) in [5.41, 5.74) is -0.323. The third-order valence-electron chi connectivity index (χ3n) is 4.17. The van der Waals surface area contributed by atoms with Gasteiger partial charge in [-0.2, -0.15) is 0 Å². The molecule has 0 N–H and O–H groups in total. The minimum atomic E-state index is -0.323. The van der Waals surface area contributed by atoms with Gasteiger partial charge in [-0.1, -0.05) is 47.5 Å². The fourth-order valence-corrected chi connectivity index (χ4v) is 2.30. The summed E-state index contributed by atoms with van der Waals surface area (Å²) in [7, 11) is 0. The Morgan fingerprint density at radius 2 is 1.70 bits per heavy atom. The molecular formula is C16H34ClNO2. The summed E-state index contributed by atoms with van der Waals surface area (Å²) in [6, 6.07) is 0. The average molecular weight is 308 g/mol. The van der Waals surface area contributed by atoms with E-state index in [0.717, 1.165) is 45.2 Å². The van der Waals surface area contributed by atoms with E-state index in [1.807, 2.05) is 6.92 Å². The zero-order valence-electron chi connectivity index (χ0n) is 14.2. The quantitative estimate of drug-likeness (QED) is 0.435. The van der Waals surface area contributed by atoms with Gasteiger partial charge < -0.3 is 4.74 Å². The van der Waals surface area contributed by atoms with Crippen molar-refractivity contribution >= 4 is 18.4 Å². The summed E-state index contributed by atoms with van der Waals surface area (Å²) in [6.45, 7) is 14.4. The van der Waals surface area contributed by atoms with Crippen molar-refractivity contribution in [1.82, 2.24) is 4.90 Å². The summed E-state index contributed by atoms with van der Waals surface area (Å²) in [6.07, 6.45) is 4.75. The zero-order valence-corrected chi connectivity index (χ0v) is 15.0. The van der Waals surface area contributed by atoms with Gasteiger partial charge >= 0.3 is 5.97 Å². The molecule has 0 fully saturated rings. The molecule has 122 valence electrons. The van der Waals surface area contributed by atoms with Gasteiger partial charge in [-0.05, 0) is 39.3 Å². The van der Waals surface area contributed by atoms with Crippen molar-refractivity contribution < 1.29 is 9.53 Å². The molecule has 0 spiro atoms. The number of unbranched alkanes of at least 4 members (excludes halogenated alkanes) is 1. The minimum absolute atomic E-state index is 0. The first-order chi connectivity index (χ1) is 8.98. The van der Waals surface area contributed by atoms with Gasteiger partial charge in [0, 0.05) is 0 Å². The summed E-state index contributed by atoms with van der Waals surface area (Å²) in [4.78, 5) is 14.7. The number of carbonyl (C=O) groups excluding carboxylic acids is 1. The molecule has 0 rings (SSSR count). The van der Waals surface area contributed by atoms with Gasteiger partial charge in [-0.15, -0.1) is 12.4 Å². The monoisotopic (exact) mass is 307 g/mol. The third kappa shape index (κ3) is 6.45. The second-order valence-corrected chi connectivity index (χ2v) is 5.51. The molecule has 0 heterocycles. The highest BCUT2D eigenvalue weighted by atomic mass is 35.5. The predicted octanol–water partition coefficient (Wildman–Crippen LogP) is 4.64. The number of ether oxygens (including phenoxy) is 1. The van der Waals surface area contributed by atoms with Gasteiger partial charge in [0.2, 0.25) is 0 Å². The van der Waals surface area contributed by atoms with Crippen LogP contribution < -0.4 is 0 Å². The van der Waals surface area contributed by atoms with E-state index in [2.05, 4.69) is 39.5 Å². The van der Waals surface area contributed by atoms with E-state index in [-0.39, 0.29) is 30.0 Å². The highest BCUT2D eigenvalue weighted by Crippen LogP contribution is 2.30. The number of carbonyl (C=O) groups is 1. The van der Waals surface area contributed by atoms with Gasteiger partial charge in [0.05, 0.1) is 5.41 Å². The SMILES string of the molecule is CCCCC(C)(CC)C(=O)OC(CC)N(CC)CC.Cl. The first-order valence-corrected chi connectivity index (χ1v) is 7.94. The molecule has 0 saturated carbocycles. The average Bonchev–Trinajstić information content (AvgIpc) is 2.44. The standard InChI is InChI=1S/C16H33NO2.ClH/c1-7-12-13-16(6,9-3)15(18)19-14(8-2)17(10-4)11-5;/h14H,7-13H2,1-6H3;1H. The second kappa shape index (κ2) is 11.4. The van der Waals surface area contributed by atoms with Crippen LogP contribution in [0.3, 0.4) is 0 Å². The minimum Gasteiger partial charge on any atom is -0.446 e.